The van der Waals surface area contributed by atoms with Crippen LogP contribution in [0, 0.1) is 11.3 Å². The van der Waals surface area contributed by atoms with Crippen LogP contribution >= 0.6 is 0 Å². The number of hydrogen-bond donors (Lipinski definition) is 0. The minimum atomic E-state index is -0.249. The van der Waals surface area contributed by atoms with E-state index >= 15 is 0 Å². The van der Waals surface area contributed by atoms with Gasteiger partial charge in [-0.15, -0.1) is 0 Å². The molecule has 3 nitrogen and oxygen atoms in total. The van der Waals surface area contributed by atoms with Crippen LogP contribution in [0.4, 0.5) is 0 Å². The normalized spacial score (nSPS) is 25.1. The number of nitrogens with zero attached hydrogens (tertiary/aromatic N) is 3. The minimum Gasteiger partial charge on any atom is -0.304 e. The lowest BCUT2D eigenvalue weighted by Crippen LogP contribution is -2.54. The molecule has 1 heterocycles. The summed E-state index contributed by atoms with van der Waals surface area (Å²) in [6.07, 6.45) is 0.910. The van der Waals surface area contributed by atoms with Crippen LogP contribution in [0.2, 0.25) is 0 Å². The molecule has 1 rings (SSSR count). The van der Waals surface area contributed by atoms with Crippen LogP contribution in [0.15, 0.2) is 0 Å². The Morgan fingerprint density at radius 2 is 1.85 bits per heavy atom. The lowest BCUT2D eigenvalue weighted by atomic mass is 9.97. The van der Waals surface area contributed by atoms with Gasteiger partial charge in [0.1, 0.15) is 5.54 Å². The van der Waals surface area contributed by atoms with Gasteiger partial charge in [0.2, 0.25) is 0 Å². The monoisotopic (exact) mass is 181 g/mol. The third kappa shape index (κ3) is 2.20. The summed E-state index contributed by atoms with van der Waals surface area (Å²) < 4.78 is 0. The highest BCUT2D eigenvalue weighted by Gasteiger charge is 2.31. The van der Waals surface area contributed by atoms with Crippen molar-refractivity contribution in [2.75, 3.05) is 33.2 Å². The molecule has 0 aromatic rings. The van der Waals surface area contributed by atoms with Crippen molar-refractivity contribution in [3.05, 3.63) is 0 Å². The molecule has 0 bridgehead atoms. The molecule has 0 amide bonds. The van der Waals surface area contributed by atoms with Gasteiger partial charge >= 0.3 is 0 Å². The van der Waals surface area contributed by atoms with E-state index < -0.39 is 0 Å². The maximum Gasteiger partial charge on any atom is 0.106 e. The highest BCUT2D eigenvalue weighted by molar-refractivity contribution is 5.05. The molecule has 0 aromatic heterocycles. The fourth-order valence-corrected chi connectivity index (χ4v) is 1.67. The second kappa shape index (κ2) is 4.08. The van der Waals surface area contributed by atoms with Gasteiger partial charge in [-0.05, 0) is 20.4 Å². The van der Waals surface area contributed by atoms with Crippen molar-refractivity contribution in [3.8, 4) is 6.07 Å². The molecule has 1 unspecified atom stereocenters. The van der Waals surface area contributed by atoms with Gasteiger partial charge < -0.3 is 4.90 Å². The summed E-state index contributed by atoms with van der Waals surface area (Å²) in [6.45, 7) is 8.33. The van der Waals surface area contributed by atoms with Gasteiger partial charge in [0.15, 0.2) is 0 Å². The number of likely N-dealkylation sites (N-methyl/N-ethyl adjacent to an activating group) is 1. The third-order valence-corrected chi connectivity index (χ3v) is 3.13. The average molecular weight is 181 g/mol. The maximum absolute atomic E-state index is 9.10. The van der Waals surface area contributed by atoms with Crippen molar-refractivity contribution < 1.29 is 0 Å². The Morgan fingerprint density at radius 3 is 2.23 bits per heavy atom. The van der Waals surface area contributed by atoms with E-state index in [1.54, 1.807) is 0 Å². The standard InChI is InChI=1S/C10H19N3/c1-4-10(2,9-11)13-7-5-12(3)6-8-13/h4-8H2,1-3H3. The Morgan fingerprint density at radius 1 is 1.31 bits per heavy atom. The van der Waals surface area contributed by atoms with E-state index in [1.807, 2.05) is 6.92 Å². The van der Waals surface area contributed by atoms with Crippen LogP contribution in [0.5, 0.6) is 0 Å². The molecular formula is C10H19N3. The van der Waals surface area contributed by atoms with Crippen LogP contribution in [0.3, 0.4) is 0 Å². The van der Waals surface area contributed by atoms with Crippen LogP contribution in [0.25, 0.3) is 0 Å². The fourth-order valence-electron chi connectivity index (χ4n) is 1.67. The molecule has 0 saturated carbocycles. The van der Waals surface area contributed by atoms with Crippen molar-refractivity contribution in [3.63, 3.8) is 0 Å². The number of hydrogen-bond acceptors (Lipinski definition) is 3. The van der Waals surface area contributed by atoms with Crippen molar-refractivity contribution in [2.45, 2.75) is 25.8 Å². The van der Waals surface area contributed by atoms with Gasteiger partial charge in [-0.1, -0.05) is 6.92 Å². The number of nitriles is 1. The van der Waals surface area contributed by atoms with Crippen molar-refractivity contribution in [1.29, 1.82) is 5.26 Å². The second-order valence-electron chi connectivity index (χ2n) is 4.03. The molecular weight excluding hydrogens is 162 g/mol. The summed E-state index contributed by atoms with van der Waals surface area (Å²) in [6, 6.07) is 2.42. The van der Waals surface area contributed by atoms with Gasteiger partial charge in [-0.3, -0.25) is 4.90 Å². The minimum absolute atomic E-state index is 0.249. The van der Waals surface area contributed by atoms with Gasteiger partial charge in [-0.2, -0.15) is 5.26 Å². The smallest absolute Gasteiger partial charge is 0.106 e. The Hall–Kier alpha value is -0.590. The van der Waals surface area contributed by atoms with Crippen LogP contribution < -0.4 is 0 Å². The maximum atomic E-state index is 9.10. The van der Waals surface area contributed by atoms with Crippen molar-refractivity contribution in [1.82, 2.24) is 9.80 Å². The van der Waals surface area contributed by atoms with E-state index in [9.17, 15) is 0 Å². The lowest BCUT2D eigenvalue weighted by Gasteiger charge is -2.40. The van der Waals surface area contributed by atoms with Crippen molar-refractivity contribution in [2.24, 2.45) is 0 Å². The third-order valence-electron chi connectivity index (χ3n) is 3.13. The highest BCUT2D eigenvalue weighted by Crippen LogP contribution is 2.19. The van der Waals surface area contributed by atoms with E-state index in [0.717, 1.165) is 32.6 Å². The molecule has 13 heavy (non-hydrogen) atoms. The molecule has 0 aromatic carbocycles. The van der Waals surface area contributed by atoms with Crippen molar-refractivity contribution >= 4 is 0 Å². The molecule has 1 atom stereocenters. The largest absolute Gasteiger partial charge is 0.304 e. The van der Waals surface area contributed by atoms with E-state index in [-0.39, 0.29) is 5.54 Å². The summed E-state index contributed by atoms with van der Waals surface area (Å²) >= 11 is 0. The molecule has 1 aliphatic rings. The molecule has 1 aliphatic heterocycles. The van der Waals surface area contributed by atoms with Gasteiger partial charge in [0, 0.05) is 26.2 Å². The molecule has 1 fully saturated rings. The highest BCUT2D eigenvalue weighted by atomic mass is 15.3. The number of piperazine rings is 1. The van der Waals surface area contributed by atoms with E-state index in [4.69, 9.17) is 5.26 Å². The molecule has 3 heteroatoms. The first-order chi connectivity index (χ1) is 6.12. The SMILES string of the molecule is CCC(C)(C#N)N1CCN(C)CC1. The van der Waals surface area contributed by atoms with E-state index in [0.29, 0.717) is 0 Å². The van der Waals surface area contributed by atoms with E-state index in [1.165, 1.54) is 0 Å². The Bertz CT molecular complexity index is 201. The Kier molecular flexibility index (Phi) is 3.29. The zero-order valence-electron chi connectivity index (χ0n) is 8.88. The lowest BCUT2D eigenvalue weighted by molar-refractivity contribution is 0.0813. The first-order valence-corrected chi connectivity index (χ1v) is 4.97. The summed E-state index contributed by atoms with van der Waals surface area (Å²) in [4.78, 5) is 4.61. The summed E-state index contributed by atoms with van der Waals surface area (Å²) in [7, 11) is 2.13. The molecule has 0 N–H and O–H groups in total. The summed E-state index contributed by atoms with van der Waals surface area (Å²) in [5.74, 6) is 0. The zero-order chi connectivity index (χ0) is 9.90. The Balaban J connectivity index is 2.57. The predicted octanol–water partition coefficient (Wildman–Crippen LogP) is 0.926. The van der Waals surface area contributed by atoms with Gasteiger partial charge in [0.05, 0.1) is 6.07 Å². The average Bonchev–Trinajstić information content (AvgIpc) is 2.18. The van der Waals surface area contributed by atoms with Crippen LogP contribution in [-0.4, -0.2) is 48.6 Å². The first-order valence-electron chi connectivity index (χ1n) is 4.97. The van der Waals surface area contributed by atoms with Gasteiger partial charge in [0.25, 0.3) is 0 Å². The zero-order valence-corrected chi connectivity index (χ0v) is 8.88. The fraction of sp³-hybridized carbons (Fsp3) is 0.900. The summed E-state index contributed by atoms with van der Waals surface area (Å²) in [5, 5.41) is 9.10. The quantitative estimate of drug-likeness (QED) is 0.635. The first kappa shape index (κ1) is 10.5. The predicted molar refractivity (Wildman–Crippen MR) is 53.4 cm³/mol. The van der Waals surface area contributed by atoms with Crippen LogP contribution in [-0.2, 0) is 0 Å². The molecule has 0 radical (unpaired) electrons. The Labute approximate surface area is 80.9 Å². The van der Waals surface area contributed by atoms with Crippen LogP contribution in [0.1, 0.15) is 20.3 Å². The second-order valence-corrected chi connectivity index (χ2v) is 4.03. The number of rotatable bonds is 2. The molecule has 1 saturated heterocycles. The molecule has 74 valence electrons. The topological polar surface area (TPSA) is 30.3 Å². The molecule has 0 aliphatic carbocycles. The van der Waals surface area contributed by atoms with E-state index in [2.05, 4.69) is 29.8 Å². The van der Waals surface area contributed by atoms with Gasteiger partial charge in [-0.25, -0.2) is 0 Å². The molecule has 0 spiro atoms. The summed E-state index contributed by atoms with van der Waals surface area (Å²) in [5.41, 5.74) is -0.249.